The maximum Gasteiger partial charge on any atom is 0.274 e. The van der Waals surface area contributed by atoms with Gasteiger partial charge < -0.3 is 5.32 Å². The molecule has 0 saturated heterocycles. The molecule has 0 spiro atoms. The quantitative estimate of drug-likeness (QED) is 0.687. The maximum absolute atomic E-state index is 12.2. The van der Waals surface area contributed by atoms with E-state index < -0.39 is 0 Å². The van der Waals surface area contributed by atoms with Crippen molar-refractivity contribution >= 4 is 11.7 Å². The van der Waals surface area contributed by atoms with Crippen LogP contribution in [0.1, 0.15) is 23.0 Å². The zero-order valence-electron chi connectivity index (χ0n) is 11.6. The number of nitrogens with one attached hydrogen (secondary N) is 3. The number of carbonyl (C=O) groups is 1. The lowest BCUT2D eigenvalue weighted by atomic mass is 10.1. The molecule has 0 saturated carbocycles. The number of carbonyl (C=O) groups excluding carboxylic acids is 1. The van der Waals surface area contributed by atoms with E-state index in [4.69, 9.17) is 0 Å². The Bertz CT molecular complexity index is 744. The van der Waals surface area contributed by atoms with Crippen LogP contribution in [-0.4, -0.2) is 26.3 Å². The van der Waals surface area contributed by atoms with Crippen LogP contribution in [0.3, 0.4) is 0 Å². The van der Waals surface area contributed by atoms with Gasteiger partial charge in [-0.2, -0.15) is 10.2 Å². The Morgan fingerprint density at radius 3 is 2.81 bits per heavy atom. The lowest BCUT2D eigenvalue weighted by Crippen LogP contribution is -2.13. The van der Waals surface area contributed by atoms with E-state index in [9.17, 15) is 4.79 Å². The Morgan fingerprint density at radius 2 is 2.05 bits per heavy atom. The van der Waals surface area contributed by atoms with Crippen LogP contribution in [0, 0.1) is 0 Å². The summed E-state index contributed by atoms with van der Waals surface area (Å²) in [4.78, 5) is 12.2. The molecular weight excluding hydrogens is 266 g/mol. The first-order valence-electron chi connectivity index (χ1n) is 6.72. The van der Waals surface area contributed by atoms with Crippen molar-refractivity contribution in [1.29, 1.82) is 0 Å². The van der Waals surface area contributed by atoms with Gasteiger partial charge in [0.05, 0.1) is 11.9 Å². The van der Waals surface area contributed by atoms with E-state index in [-0.39, 0.29) is 5.91 Å². The molecule has 6 heteroatoms. The van der Waals surface area contributed by atoms with Gasteiger partial charge in [0.2, 0.25) is 0 Å². The summed E-state index contributed by atoms with van der Waals surface area (Å²) in [5, 5.41) is 16.4. The largest absolute Gasteiger partial charge is 0.305 e. The van der Waals surface area contributed by atoms with Crippen LogP contribution < -0.4 is 5.32 Å². The molecule has 0 aliphatic rings. The molecule has 1 aromatic carbocycles. The highest BCUT2D eigenvalue weighted by molar-refractivity contribution is 6.03. The first-order chi connectivity index (χ1) is 10.3. The molecule has 21 heavy (non-hydrogen) atoms. The number of nitrogens with zero attached hydrogens (tertiary/aromatic N) is 2. The summed E-state index contributed by atoms with van der Waals surface area (Å²) < 4.78 is 0. The van der Waals surface area contributed by atoms with Crippen molar-refractivity contribution in [2.24, 2.45) is 0 Å². The molecule has 2 heterocycles. The summed E-state index contributed by atoms with van der Waals surface area (Å²) in [5.41, 5.74) is 3.07. The molecule has 0 bridgehead atoms. The van der Waals surface area contributed by atoms with Crippen molar-refractivity contribution in [3.05, 3.63) is 53.9 Å². The monoisotopic (exact) mass is 281 g/mol. The number of rotatable bonds is 4. The van der Waals surface area contributed by atoms with Crippen LogP contribution in [0.15, 0.2) is 42.6 Å². The number of aromatic nitrogens is 4. The minimum Gasteiger partial charge on any atom is -0.305 e. The van der Waals surface area contributed by atoms with Crippen molar-refractivity contribution in [3.8, 4) is 11.3 Å². The summed E-state index contributed by atoms with van der Waals surface area (Å²) >= 11 is 0. The van der Waals surface area contributed by atoms with Gasteiger partial charge in [0, 0.05) is 11.1 Å². The third-order valence-electron chi connectivity index (χ3n) is 3.23. The molecule has 0 fully saturated rings. The molecule has 0 unspecified atom stereocenters. The van der Waals surface area contributed by atoms with E-state index in [1.165, 1.54) is 0 Å². The van der Waals surface area contributed by atoms with E-state index >= 15 is 0 Å². The number of amides is 1. The van der Waals surface area contributed by atoms with E-state index in [0.29, 0.717) is 11.5 Å². The second-order valence-corrected chi connectivity index (χ2v) is 4.61. The van der Waals surface area contributed by atoms with Gasteiger partial charge in [-0.15, -0.1) is 0 Å². The molecule has 2 aromatic heterocycles. The SMILES string of the molecule is CCc1cn[nH]c1NC(=O)c1cc(-c2ccccc2)n[nH]1. The van der Waals surface area contributed by atoms with Gasteiger partial charge in [-0.1, -0.05) is 37.3 Å². The van der Waals surface area contributed by atoms with Gasteiger partial charge in [-0.05, 0) is 12.5 Å². The Morgan fingerprint density at radius 1 is 1.24 bits per heavy atom. The molecule has 1 amide bonds. The second-order valence-electron chi connectivity index (χ2n) is 4.61. The zero-order valence-corrected chi connectivity index (χ0v) is 11.6. The Balaban J connectivity index is 1.79. The van der Waals surface area contributed by atoms with Gasteiger partial charge >= 0.3 is 0 Å². The highest BCUT2D eigenvalue weighted by atomic mass is 16.2. The molecule has 0 aliphatic carbocycles. The lowest BCUT2D eigenvalue weighted by molar-refractivity contribution is 0.102. The average Bonchev–Trinajstić information content (AvgIpc) is 3.17. The van der Waals surface area contributed by atoms with Gasteiger partial charge in [-0.3, -0.25) is 15.0 Å². The third-order valence-corrected chi connectivity index (χ3v) is 3.23. The van der Waals surface area contributed by atoms with E-state index in [1.807, 2.05) is 37.3 Å². The van der Waals surface area contributed by atoms with Crippen molar-refractivity contribution < 1.29 is 4.79 Å². The van der Waals surface area contributed by atoms with Gasteiger partial charge in [0.15, 0.2) is 0 Å². The topological polar surface area (TPSA) is 86.5 Å². The minimum absolute atomic E-state index is 0.247. The summed E-state index contributed by atoms with van der Waals surface area (Å²) in [7, 11) is 0. The predicted octanol–water partition coefficient (Wildman–Crippen LogP) is 2.61. The minimum atomic E-state index is -0.247. The fraction of sp³-hybridized carbons (Fsp3) is 0.133. The van der Waals surface area contributed by atoms with Crippen LogP contribution in [0.4, 0.5) is 5.82 Å². The number of benzene rings is 1. The van der Waals surface area contributed by atoms with Crippen LogP contribution in [-0.2, 0) is 6.42 Å². The summed E-state index contributed by atoms with van der Waals surface area (Å²) in [6.07, 6.45) is 2.50. The number of aryl methyl sites for hydroxylation is 1. The summed E-state index contributed by atoms with van der Waals surface area (Å²) in [5.74, 6) is 0.377. The van der Waals surface area contributed by atoms with Gasteiger partial charge in [0.25, 0.3) is 5.91 Å². The predicted molar refractivity (Wildman–Crippen MR) is 79.9 cm³/mol. The first-order valence-corrected chi connectivity index (χ1v) is 6.72. The molecule has 6 nitrogen and oxygen atoms in total. The fourth-order valence-electron chi connectivity index (χ4n) is 2.06. The molecule has 0 aliphatic heterocycles. The number of aromatic amines is 2. The molecule has 3 aromatic rings. The highest BCUT2D eigenvalue weighted by Gasteiger charge is 2.13. The van der Waals surface area contributed by atoms with Crippen molar-refractivity contribution in [2.45, 2.75) is 13.3 Å². The van der Waals surface area contributed by atoms with Crippen LogP contribution >= 0.6 is 0 Å². The first kappa shape index (κ1) is 13.1. The van der Waals surface area contributed by atoms with Crippen molar-refractivity contribution in [3.63, 3.8) is 0 Å². The lowest BCUT2D eigenvalue weighted by Gasteiger charge is -2.02. The van der Waals surface area contributed by atoms with Crippen LogP contribution in [0.5, 0.6) is 0 Å². The smallest absolute Gasteiger partial charge is 0.274 e. The third kappa shape index (κ3) is 2.69. The van der Waals surface area contributed by atoms with Crippen LogP contribution in [0.25, 0.3) is 11.3 Å². The van der Waals surface area contributed by atoms with E-state index in [0.717, 1.165) is 23.2 Å². The van der Waals surface area contributed by atoms with Crippen molar-refractivity contribution in [1.82, 2.24) is 20.4 Å². The summed E-state index contributed by atoms with van der Waals surface area (Å²) in [6, 6.07) is 11.4. The number of hydrogen-bond donors (Lipinski definition) is 3. The molecule has 3 N–H and O–H groups in total. The van der Waals surface area contributed by atoms with Gasteiger partial charge in [0.1, 0.15) is 11.5 Å². The van der Waals surface area contributed by atoms with E-state index in [1.54, 1.807) is 12.3 Å². The molecular formula is C15H15N5O. The average molecular weight is 281 g/mol. The number of H-pyrrole nitrogens is 2. The normalized spacial score (nSPS) is 10.5. The molecule has 106 valence electrons. The summed E-state index contributed by atoms with van der Waals surface area (Å²) in [6.45, 7) is 2.00. The maximum atomic E-state index is 12.2. The Hall–Kier alpha value is -2.89. The van der Waals surface area contributed by atoms with Crippen molar-refractivity contribution in [2.75, 3.05) is 5.32 Å². The zero-order chi connectivity index (χ0) is 14.7. The Kier molecular flexibility index (Phi) is 3.51. The number of anilines is 1. The number of hydrogen-bond acceptors (Lipinski definition) is 3. The molecule has 0 atom stereocenters. The molecule has 3 rings (SSSR count). The fourth-order valence-corrected chi connectivity index (χ4v) is 2.06. The van der Waals surface area contributed by atoms with Gasteiger partial charge in [-0.25, -0.2) is 0 Å². The van der Waals surface area contributed by atoms with E-state index in [2.05, 4.69) is 25.7 Å². The highest BCUT2D eigenvalue weighted by Crippen LogP contribution is 2.18. The molecule has 0 radical (unpaired) electrons. The Labute approximate surface area is 121 Å². The van der Waals surface area contributed by atoms with Crippen LogP contribution in [0.2, 0.25) is 0 Å². The standard InChI is InChI=1S/C15H15N5O/c1-2-10-9-16-20-14(10)17-15(21)13-8-12(18-19-13)11-6-4-3-5-7-11/h3-9H,2H2,1H3,(H,18,19)(H2,16,17,20,21). The second kappa shape index (κ2) is 5.62.